The highest BCUT2D eigenvalue weighted by Crippen LogP contribution is 2.20. The number of benzene rings is 2. The van der Waals surface area contributed by atoms with Gasteiger partial charge in [-0.05, 0) is 49.8 Å². The van der Waals surface area contributed by atoms with Crippen LogP contribution in [0.5, 0.6) is 0 Å². The zero-order valence-corrected chi connectivity index (χ0v) is 21.0. The fourth-order valence-electron chi connectivity index (χ4n) is 4.02. The number of rotatable bonds is 7. The molecule has 1 aliphatic rings. The van der Waals surface area contributed by atoms with Crippen LogP contribution in [0, 0.1) is 13.8 Å². The van der Waals surface area contributed by atoms with E-state index in [-0.39, 0.29) is 10.8 Å². The molecule has 0 atom stereocenters. The van der Waals surface area contributed by atoms with Gasteiger partial charge >= 0.3 is 0 Å². The van der Waals surface area contributed by atoms with Crippen LogP contribution in [0.25, 0.3) is 11.8 Å². The molecule has 4 rings (SSSR count). The van der Waals surface area contributed by atoms with Crippen LogP contribution < -0.4 is 0 Å². The Morgan fingerprint density at radius 1 is 1.06 bits per heavy atom. The predicted octanol–water partition coefficient (Wildman–Crippen LogP) is 3.18. The lowest BCUT2D eigenvalue weighted by Gasteiger charge is -2.26. The number of carbonyl (C=O) groups excluding carboxylic acids is 1. The first-order valence-corrected chi connectivity index (χ1v) is 12.9. The summed E-state index contributed by atoms with van der Waals surface area (Å²) in [4.78, 5) is 14.6. The van der Waals surface area contributed by atoms with Gasteiger partial charge in [0.2, 0.25) is 15.9 Å². The summed E-state index contributed by atoms with van der Waals surface area (Å²) in [6.45, 7) is 5.90. The molecule has 0 radical (unpaired) electrons. The smallest absolute Gasteiger partial charge is 0.246 e. The molecule has 1 amide bonds. The lowest BCUT2D eigenvalue weighted by atomic mass is 10.1. The number of hydrogen-bond acceptors (Lipinski definition) is 5. The number of carbonyl (C=O) groups is 1. The molecular weight excluding hydrogens is 464 g/mol. The molecule has 1 aliphatic heterocycles. The van der Waals surface area contributed by atoms with Crippen LogP contribution >= 0.6 is 0 Å². The molecular formula is C26H30N4O4S. The van der Waals surface area contributed by atoms with Crippen LogP contribution in [-0.4, -0.2) is 66.7 Å². The Morgan fingerprint density at radius 3 is 2.37 bits per heavy atom. The van der Waals surface area contributed by atoms with Crippen molar-refractivity contribution in [3.63, 3.8) is 0 Å². The molecule has 3 aromatic rings. The van der Waals surface area contributed by atoms with Gasteiger partial charge in [0.25, 0.3) is 0 Å². The average Bonchev–Trinajstić information content (AvgIpc) is 3.16. The Kier molecular flexibility index (Phi) is 7.49. The number of sulfonamides is 1. The van der Waals surface area contributed by atoms with E-state index in [0.29, 0.717) is 32.8 Å². The van der Waals surface area contributed by atoms with Gasteiger partial charge in [-0.2, -0.15) is 9.40 Å². The van der Waals surface area contributed by atoms with E-state index in [1.807, 2.05) is 48.9 Å². The molecule has 1 saturated heterocycles. The summed E-state index contributed by atoms with van der Waals surface area (Å²) in [7, 11) is -1.78. The normalized spacial score (nSPS) is 14.9. The molecule has 0 saturated carbocycles. The fourth-order valence-corrected chi connectivity index (χ4v) is 5.43. The Labute approximate surface area is 206 Å². The van der Waals surface area contributed by atoms with Crippen LogP contribution in [-0.2, 0) is 26.1 Å². The van der Waals surface area contributed by atoms with Gasteiger partial charge in [-0.1, -0.05) is 30.3 Å². The predicted molar refractivity (Wildman–Crippen MR) is 135 cm³/mol. The zero-order valence-electron chi connectivity index (χ0n) is 20.2. The summed E-state index contributed by atoms with van der Waals surface area (Å²) >= 11 is 0. The molecule has 9 heteroatoms. The van der Waals surface area contributed by atoms with Crippen molar-refractivity contribution in [1.29, 1.82) is 0 Å². The summed E-state index contributed by atoms with van der Waals surface area (Å²) < 4.78 is 34.1. The minimum absolute atomic E-state index is 0.152. The van der Waals surface area contributed by atoms with E-state index in [1.54, 1.807) is 42.3 Å². The zero-order chi connectivity index (χ0) is 25.0. The Balaban J connectivity index is 1.41. The van der Waals surface area contributed by atoms with Crippen LogP contribution in [0.4, 0.5) is 0 Å². The van der Waals surface area contributed by atoms with Crippen molar-refractivity contribution < 1.29 is 17.9 Å². The van der Waals surface area contributed by atoms with Crippen molar-refractivity contribution in [2.45, 2.75) is 25.3 Å². The number of hydrogen-bond donors (Lipinski definition) is 0. The van der Waals surface area contributed by atoms with Crippen molar-refractivity contribution >= 4 is 22.0 Å². The summed E-state index contributed by atoms with van der Waals surface area (Å²) in [5.74, 6) is -0.152. The third-order valence-electron chi connectivity index (χ3n) is 6.12. The molecule has 0 aliphatic carbocycles. The quantitative estimate of drug-likeness (QED) is 0.471. The molecule has 2 aromatic carbocycles. The van der Waals surface area contributed by atoms with Gasteiger partial charge in [-0.15, -0.1) is 0 Å². The average molecular weight is 495 g/mol. The summed E-state index contributed by atoms with van der Waals surface area (Å²) in [6.07, 6.45) is 3.19. The number of morpholine rings is 1. The Bertz CT molecular complexity index is 1310. The minimum atomic E-state index is -3.54. The molecule has 8 nitrogen and oxygen atoms in total. The van der Waals surface area contributed by atoms with Crippen molar-refractivity contribution in [2.24, 2.45) is 0 Å². The van der Waals surface area contributed by atoms with E-state index in [9.17, 15) is 13.2 Å². The number of likely N-dealkylation sites (N-methyl/N-ethyl adjacent to an activating group) is 1. The van der Waals surface area contributed by atoms with E-state index in [4.69, 9.17) is 4.74 Å². The van der Waals surface area contributed by atoms with Crippen molar-refractivity contribution in [3.05, 3.63) is 83.2 Å². The second kappa shape index (κ2) is 10.6. The number of aryl methyl sites for hydroxylation is 1. The van der Waals surface area contributed by atoms with Gasteiger partial charge in [-0.3, -0.25) is 4.79 Å². The molecule has 0 unspecified atom stereocenters. The minimum Gasteiger partial charge on any atom is -0.379 e. The molecule has 1 fully saturated rings. The summed E-state index contributed by atoms with van der Waals surface area (Å²) in [5.41, 5.74) is 4.61. The molecule has 35 heavy (non-hydrogen) atoms. The third-order valence-corrected chi connectivity index (χ3v) is 8.03. The maximum absolute atomic E-state index is 12.8. The first-order chi connectivity index (χ1) is 16.8. The summed E-state index contributed by atoms with van der Waals surface area (Å²) in [6, 6.07) is 16.5. The van der Waals surface area contributed by atoms with Crippen LogP contribution in [0.15, 0.2) is 65.6 Å². The van der Waals surface area contributed by atoms with Crippen molar-refractivity contribution in [3.8, 4) is 5.69 Å². The van der Waals surface area contributed by atoms with Crippen molar-refractivity contribution in [2.75, 3.05) is 33.4 Å². The fraction of sp³-hybridized carbons (Fsp3) is 0.308. The highest BCUT2D eigenvalue weighted by atomic mass is 32.2. The van der Waals surface area contributed by atoms with E-state index >= 15 is 0 Å². The van der Waals surface area contributed by atoms with Gasteiger partial charge in [0.05, 0.1) is 29.5 Å². The first kappa shape index (κ1) is 24.8. The molecule has 184 valence electrons. The van der Waals surface area contributed by atoms with Crippen LogP contribution in [0.3, 0.4) is 0 Å². The molecule has 0 N–H and O–H groups in total. The lowest BCUT2D eigenvalue weighted by molar-refractivity contribution is -0.125. The standard InChI is InChI=1S/C26H30N4O4S/c1-20-25(21(2)30(27-20)23-7-5-4-6-8-23)19-28(3)26(31)14-11-22-9-12-24(13-10-22)35(32,33)29-15-17-34-18-16-29/h4-14H,15-19H2,1-3H3. The maximum atomic E-state index is 12.8. The second-order valence-corrected chi connectivity index (χ2v) is 10.4. The monoisotopic (exact) mass is 494 g/mol. The van der Waals surface area contributed by atoms with E-state index in [1.165, 1.54) is 10.4 Å². The first-order valence-electron chi connectivity index (χ1n) is 11.5. The number of aromatic nitrogens is 2. The number of amides is 1. The number of para-hydroxylation sites is 1. The Morgan fingerprint density at radius 2 is 1.71 bits per heavy atom. The van der Waals surface area contributed by atoms with Gasteiger partial charge in [0.1, 0.15) is 0 Å². The van der Waals surface area contributed by atoms with E-state index < -0.39 is 10.0 Å². The van der Waals surface area contributed by atoms with Crippen LogP contribution in [0.2, 0.25) is 0 Å². The lowest BCUT2D eigenvalue weighted by Crippen LogP contribution is -2.40. The highest BCUT2D eigenvalue weighted by molar-refractivity contribution is 7.89. The number of ether oxygens (including phenoxy) is 1. The van der Waals surface area contributed by atoms with Gasteiger partial charge < -0.3 is 9.64 Å². The molecule has 0 spiro atoms. The summed E-state index contributed by atoms with van der Waals surface area (Å²) in [5, 5.41) is 4.65. The number of nitrogens with zero attached hydrogens (tertiary/aromatic N) is 4. The van der Waals surface area contributed by atoms with Gasteiger partial charge in [0, 0.05) is 44.0 Å². The molecule has 0 bridgehead atoms. The molecule has 1 aromatic heterocycles. The SMILES string of the molecule is Cc1nn(-c2ccccc2)c(C)c1CN(C)C(=O)C=Cc1ccc(S(=O)(=O)N2CCOCC2)cc1. The topological polar surface area (TPSA) is 84.7 Å². The second-order valence-electron chi connectivity index (χ2n) is 8.51. The van der Waals surface area contributed by atoms with E-state index in [0.717, 1.165) is 28.2 Å². The largest absolute Gasteiger partial charge is 0.379 e. The third kappa shape index (κ3) is 5.53. The maximum Gasteiger partial charge on any atom is 0.246 e. The van der Waals surface area contributed by atoms with Gasteiger partial charge in [0.15, 0.2) is 0 Å². The van der Waals surface area contributed by atoms with Crippen LogP contribution in [0.1, 0.15) is 22.5 Å². The van der Waals surface area contributed by atoms with Gasteiger partial charge in [-0.25, -0.2) is 13.1 Å². The van der Waals surface area contributed by atoms with Crippen molar-refractivity contribution in [1.82, 2.24) is 19.0 Å². The molecule has 2 heterocycles. The highest BCUT2D eigenvalue weighted by Gasteiger charge is 2.26. The van der Waals surface area contributed by atoms with E-state index in [2.05, 4.69) is 5.10 Å². The Hall–Kier alpha value is -3.27.